The Morgan fingerprint density at radius 1 is 1.35 bits per heavy atom. The Labute approximate surface area is 112 Å². The molecule has 2 unspecified atom stereocenters. The first-order valence-electron chi connectivity index (χ1n) is 7.09. The highest BCUT2D eigenvalue weighted by Crippen LogP contribution is 2.27. The molecule has 0 heterocycles. The number of rotatable bonds is 8. The second-order valence-corrected chi connectivity index (χ2v) is 6.54. The molecule has 0 fully saturated rings. The maximum atomic E-state index is 3.64. The van der Waals surface area contributed by atoms with Gasteiger partial charge in [0.1, 0.15) is 0 Å². The predicted molar refractivity (Wildman–Crippen MR) is 80.7 cm³/mol. The van der Waals surface area contributed by atoms with E-state index in [1.54, 1.807) is 5.57 Å². The summed E-state index contributed by atoms with van der Waals surface area (Å²) in [6, 6.07) is 0. The van der Waals surface area contributed by atoms with Crippen molar-refractivity contribution < 1.29 is 0 Å². The van der Waals surface area contributed by atoms with Crippen LogP contribution in [-0.2, 0) is 0 Å². The van der Waals surface area contributed by atoms with Gasteiger partial charge < -0.3 is 5.32 Å². The van der Waals surface area contributed by atoms with Gasteiger partial charge in [-0.15, -0.1) is 0 Å². The van der Waals surface area contributed by atoms with Crippen molar-refractivity contribution in [2.75, 3.05) is 25.1 Å². The number of hydrogen-bond donors (Lipinski definition) is 1. The molecule has 0 spiro atoms. The fourth-order valence-electron chi connectivity index (χ4n) is 2.82. The summed E-state index contributed by atoms with van der Waals surface area (Å²) in [7, 11) is 0. The Bertz CT molecular complexity index is 225. The van der Waals surface area contributed by atoms with Crippen molar-refractivity contribution in [3.8, 4) is 0 Å². The van der Waals surface area contributed by atoms with E-state index in [9.17, 15) is 0 Å². The van der Waals surface area contributed by atoms with E-state index in [2.05, 4.69) is 31.5 Å². The van der Waals surface area contributed by atoms with Crippen molar-refractivity contribution in [1.29, 1.82) is 0 Å². The van der Waals surface area contributed by atoms with Crippen LogP contribution in [-0.4, -0.2) is 25.1 Å². The monoisotopic (exact) mass is 255 g/mol. The first kappa shape index (κ1) is 15.1. The number of unbranched alkanes of at least 4 members (excludes halogenated alkanes) is 2. The van der Waals surface area contributed by atoms with Gasteiger partial charge in [-0.2, -0.15) is 11.8 Å². The molecule has 0 aromatic heterocycles. The highest BCUT2D eigenvalue weighted by Gasteiger charge is 2.17. The average molecular weight is 255 g/mol. The standard InChI is InChI=1S/C15H29NS/c1-13-9-14(2)11-15(10-13)12-16-7-5-4-6-8-17-3/h9,13,15-16H,4-8,10-12H2,1-3H3. The van der Waals surface area contributed by atoms with E-state index in [4.69, 9.17) is 0 Å². The third kappa shape index (κ3) is 7.15. The fourth-order valence-corrected chi connectivity index (χ4v) is 3.31. The largest absolute Gasteiger partial charge is 0.316 e. The van der Waals surface area contributed by atoms with E-state index >= 15 is 0 Å². The Morgan fingerprint density at radius 3 is 2.88 bits per heavy atom. The molecule has 0 radical (unpaired) electrons. The number of nitrogens with one attached hydrogen (secondary N) is 1. The van der Waals surface area contributed by atoms with Crippen molar-refractivity contribution >= 4 is 11.8 Å². The molecule has 2 atom stereocenters. The SMILES string of the molecule is CSCCCCCNCC1CC(C)=CC(C)C1. The van der Waals surface area contributed by atoms with Gasteiger partial charge in [0.05, 0.1) is 0 Å². The van der Waals surface area contributed by atoms with Crippen LogP contribution in [0.15, 0.2) is 11.6 Å². The molecule has 1 aliphatic rings. The first-order valence-corrected chi connectivity index (χ1v) is 8.48. The van der Waals surface area contributed by atoms with Crippen molar-refractivity contribution in [1.82, 2.24) is 5.32 Å². The topological polar surface area (TPSA) is 12.0 Å². The van der Waals surface area contributed by atoms with Gasteiger partial charge in [0.2, 0.25) is 0 Å². The second-order valence-electron chi connectivity index (χ2n) is 5.55. The average Bonchev–Trinajstić information content (AvgIpc) is 2.26. The summed E-state index contributed by atoms with van der Waals surface area (Å²) in [5.74, 6) is 2.99. The molecular formula is C15H29NS. The molecule has 17 heavy (non-hydrogen) atoms. The molecule has 0 aliphatic heterocycles. The van der Waals surface area contributed by atoms with Gasteiger partial charge in [-0.05, 0) is 69.5 Å². The minimum atomic E-state index is 0.789. The molecular weight excluding hydrogens is 226 g/mol. The van der Waals surface area contributed by atoms with E-state index < -0.39 is 0 Å². The summed E-state index contributed by atoms with van der Waals surface area (Å²) in [5.41, 5.74) is 1.59. The summed E-state index contributed by atoms with van der Waals surface area (Å²) < 4.78 is 0. The van der Waals surface area contributed by atoms with E-state index in [1.165, 1.54) is 50.9 Å². The van der Waals surface area contributed by atoms with Crippen LogP contribution in [0.3, 0.4) is 0 Å². The van der Waals surface area contributed by atoms with Gasteiger partial charge in [0, 0.05) is 0 Å². The van der Waals surface area contributed by atoms with Crippen LogP contribution in [0.5, 0.6) is 0 Å². The first-order chi connectivity index (χ1) is 8.22. The zero-order chi connectivity index (χ0) is 12.5. The van der Waals surface area contributed by atoms with Crippen LogP contribution in [0.25, 0.3) is 0 Å². The predicted octanol–water partition coefficient (Wildman–Crippen LogP) is 4.10. The van der Waals surface area contributed by atoms with Gasteiger partial charge in [0.15, 0.2) is 0 Å². The minimum absolute atomic E-state index is 0.789. The van der Waals surface area contributed by atoms with Crippen LogP contribution >= 0.6 is 11.8 Å². The molecule has 2 heteroatoms. The molecule has 100 valence electrons. The van der Waals surface area contributed by atoms with Crippen LogP contribution in [0.4, 0.5) is 0 Å². The molecule has 0 saturated heterocycles. The second kappa shape index (κ2) is 9.04. The zero-order valence-corrected chi connectivity index (χ0v) is 12.6. The highest BCUT2D eigenvalue weighted by molar-refractivity contribution is 7.98. The smallest absolute Gasteiger partial charge is 0.00172 e. The number of thioether (sulfide) groups is 1. The zero-order valence-electron chi connectivity index (χ0n) is 11.8. The Hall–Kier alpha value is 0.0500. The van der Waals surface area contributed by atoms with Gasteiger partial charge in [-0.25, -0.2) is 0 Å². The van der Waals surface area contributed by atoms with Gasteiger partial charge in [0.25, 0.3) is 0 Å². The van der Waals surface area contributed by atoms with E-state index in [0.717, 1.165) is 11.8 Å². The molecule has 0 aromatic carbocycles. The summed E-state index contributed by atoms with van der Waals surface area (Å²) in [6.07, 6.45) is 11.4. The maximum Gasteiger partial charge on any atom is -0.00172 e. The molecule has 0 aromatic rings. The molecule has 1 N–H and O–H groups in total. The van der Waals surface area contributed by atoms with Crippen molar-refractivity contribution in [3.63, 3.8) is 0 Å². The normalized spacial score (nSPS) is 24.8. The lowest BCUT2D eigenvalue weighted by molar-refractivity contribution is 0.380. The maximum absolute atomic E-state index is 3.64. The fraction of sp³-hybridized carbons (Fsp3) is 0.867. The quantitative estimate of drug-likeness (QED) is 0.517. The van der Waals surface area contributed by atoms with Crippen LogP contribution in [0.2, 0.25) is 0 Å². The molecule has 1 aliphatic carbocycles. The molecule has 1 nitrogen and oxygen atoms in total. The summed E-state index contributed by atoms with van der Waals surface area (Å²) in [4.78, 5) is 0. The summed E-state index contributed by atoms with van der Waals surface area (Å²) >= 11 is 1.96. The molecule has 0 amide bonds. The minimum Gasteiger partial charge on any atom is -0.316 e. The van der Waals surface area contributed by atoms with Gasteiger partial charge in [-0.3, -0.25) is 0 Å². The Balaban J connectivity index is 1.98. The van der Waals surface area contributed by atoms with E-state index in [0.29, 0.717) is 0 Å². The lowest BCUT2D eigenvalue weighted by Crippen LogP contribution is -2.26. The number of hydrogen-bond acceptors (Lipinski definition) is 2. The lowest BCUT2D eigenvalue weighted by Gasteiger charge is -2.25. The summed E-state index contributed by atoms with van der Waals surface area (Å²) in [6.45, 7) is 7.06. The third-order valence-corrected chi connectivity index (χ3v) is 4.22. The molecule has 0 saturated carbocycles. The highest BCUT2D eigenvalue weighted by atomic mass is 32.2. The van der Waals surface area contributed by atoms with E-state index in [-0.39, 0.29) is 0 Å². The van der Waals surface area contributed by atoms with E-state index in [1.807, 2.05) is 11.8 Å². The third-order valence-electron chi connectivity index (χ3n) is 3.52. The number of allylic oxidation sites excluding steroid dienone is 2. The van der Waals surface area contributed by atoms with Gasteiger partial charge >= 0.3 is 0 Å². The van der Waals surface area contributed by atoms with Crippen LogP contribution < -0.4 is 5.32 Å². The summed E-state index contributed by atoms with van der Waals surface area (Å²) in [5, 5.41) is 3.64. The Kier molecular flexibility index (Phi) is 8.04. The van der Waals surface area contributed by atoms with Crippen LogP contribution in [0.1, 0.15) is 46.0 Å². The lowest BCUT2D eigenvalue weighted by atomic mass is 9.84. The van der Waals surface area contributed by atoms with Crippen molar-refractivity contribution in [3.05, 3.63) is 11.6 Å². The molecule has 0 bridgehead atoms. The van der Waals surface area contributed by atoms with Crippen LogP contribution in [0, 0.1) is 11.8 Å². The van der Waals surface area contributed by atoms with Crippen molar-refractivity contribution in [2.45, 2.75) is 46.0 Å². The van der Waals surface area contributed by atoms with Gasteiger partial charge in [-0.1, -0.05) is 25.0 Å². The molecule has 1 rings (SSSR count). The Morgan fingerprint density at radius 2 is 2.18 bits per heavy atom. The van der Waals surface area contributed by atoms with Crippen molar-refractivity contribution in [2.24, 2.45) is 11.8 Å².